The van der Waals surface area contributed by atoms with Crippen LogP contribution in [0.3, 0.4) is 0 Å². The third kappa shape index (κ3) is 2.92. The van der Waals surface area contributed by atoms with Crippen molar-refractivity contribution in [1.82, 2.24) is 0 Å². The van der Waals surface area contributed by atoms with Crippen LogP contribution < -0.4 is 0 Å². The number of allylic oxidation sites excluding steroid dienone is 2. The molecule has 0 bridgehead atoms. The molecule has 0 atom stereocenters. The van der Waals surface area contributed by atoms with Gasteiger partial charge in [0.15, 0.2) is 0 Å². The Bertz CT molecular complexity index is 362. The SMILES string of the molecule is CC/C=C(/C)c1cc(F)ccc1C(C)C. The van der Waals surface area contributed by atoms with Crippen LogP contribution in [0.2, 0.25) is 0 Å². The second kappa shape index (κ2) is 5.11. The maximum Gasteiger partial charge on any atom is 0.123 e. The molecule has 1 rings (SSSR count). The molecule has 1 heteroatoms. The van der Waals surface area contributed by atoms with Gasteiger partial charge < -0.3 is 0 Å². The van der Waals surface area contributed by atoms with Crippen molar-refractivity contribution in [3.05, 3.63) is 41.2 Å². The van der Waals surface area contributed by atoms with Crippen LogP contribution in [-0.4, -0.2) is 0 Å². The zero-order valence-corrected chi connectivity index (χ0v) is 9.97. The molecule has 0 fully saturated rings. The van der Waals surface area contributed by atoms with Gasteiger partial charge in [-0.2, -0.15) is 0 Å². The van der Waals surface area contributed by atoms with Crippen LogP contribution in [0.4, 0.5) is 4.39 Å². The molecule has 0 amide bonds. The summed E-state index contributed by atoms with van der Waals surface area (Å²) in [5, 5.41) is 0. The van der Waals surface area contributed by atoms with Crippen LogP contribution in [0, 0.1) is 5.82 Å². The molecule has 0 aliphatic heterocycles. The highest BCUT2D eigenvalue weighted by Gasteiger charge is 2.08. The molecule has 0 aromatic heterocycles. The highest BCUT2D eigenvalue weighted by Crippen LogP contribution is 2.26. The molecule has 0 aliphatic rings. The van der Waals surface area contributed by atoms with Crippen molar-refractivity contribution in [2.45, 2.75) is 40.0 Å². The van der Waals surface area contributed by atoms with Crippen LogP contribution in [0.1, 0.15) is 51.2 Å². The lowest BCUT2D eigenvalue weighted by molar-refractivity contribution is 0.625. The van der Waals surface area contributed by atoms with Crippen molar-refractivity contribution in [1.29, 1.82) is 0 Å². The molecule has 0 unspecified atom stereocenters. The summed E-state index contributed by atoms with van der Waals surface area (Å²) in [5.41, 5.74) is 3.44. The first-order valence-electron chi connectivity index (χ1n) is 5.52. The number of halogens is 1. The normalized spacial score (nSPS) is 12.3. The monoisotopic (exact) mass is 206 g/mol. The summed E-state index contributed by atoms with van der Waals surface area (Å²) >= 11 is 0. The summed E-state index contributed by atoms with van der Waals surface area (Å²) in [6, 6.07) is 5.07. The van der Waals surface area contributed by atoms with Gasteiger partial charge in [-0.25, -0.2) is 4.39 Å². The first kappa shape index (κ1) is 12.0. The van der Waals surface area contributed by atoms with Gasteiger partial charge in [-0.1, -0.05) is 32.9 Å². The number of benzene rings is 1. The summed E-state index contributed by atoms with van der Waals surface area (Å²) in [6.45, 7) is 8.41. The van der Waals surface area contributed by atoms with E-state index >= 15 is 0 Å². The highest BCUT2D eigenvalue weighted by molar-refractivity contribution is 5.67. The van der Waals surface area contributed by atoms with Crippen LogP contribution in [0.25, 0.3) is 5.57 Å². The van der Waals surface area contributed by atoms with E-state index in [4.69, 9.17) is 0 Å². The largest absolute Gasteiger partial charge is 0.207 e. The molecule has 0 radical (unpaired) electrons. The van der Waals surface area contributed by atoms with E-state index in [1.165, 1.54) is 17.2 Å². The summed E-state index contributed by atoms with van der Waals surface area (Å²) in [4.78, 5) is 0. The van der Waals surface area contributed by atoms with Crippen molar-refractivity contribution < 1.29 is 4.39 Å². The quantitative estimate of drug-likeness (QED) is 0.668. The Hall–Kier alpha value is -1.11. The molecule has 0 nitrogen and oxygen atoms in total. The van der Waals surface area contributed by atoms with Crippen molar-refractivity contribution in [3.63, 3.8) is 0 Å². The van der Waals surface area contributed by atoms with E-state index in [9.17, 15) is 4.39 Å². The molecular formula is C14H19F. The van der Waals surface area contributed by atoms with Gasteiger partial charge in [-0.3, -0.25) is 0 Å². The minimum atomic E-state index is -0.154. The lowest BCUT2D eigenvalue weighted by Gasteiger charge is -2.13. The van der Waals surface area contributed by atoms with E-state index in [-0.39, 0.29) is 5.82 Å². The maximum absolute atomic E-state index is 13.2. The van der Waals surface area contributed by atoms with Gasteiger partial charge in [0.2, 0.25) is 0 Å². The van der Waals surface area contributed by atoms with Crippen LogP contribution >= 0.6 is 0 Å². The van der Waals surface area contributed by atoms with Gasteiger partial charge >= 0.3 is 0 Å². The van der Waals surface area contributed by atoms with Crippen LogP contribution in [-0.2, 0) is 0 Å². The second-order valence-corrected chi connectivity index (χ2v) is 4.18. The van der Waals surface area contributed by atoms with Crippen LogP contribution in [0.15, 0.2) is 24.3 Å². The highest BCUT2D eigenvalue weighted by atomic mass is 19.1. The molecule has 15 heavy (non-hydrogen) atoms. The molecule has 0 saturated heterocycles. The Balaban J connectivity index is 3.24. The zero-order chi connectivity index (χ0) is 11.4. The first-order valence-corrected chi connectivity index (χ1v) is 5.52. The molecule has 0 aliphatic carbocycles. The Morgan fingerprint density at radius 2 is 2.07 bits per heavy atom. The molecule has 1 aromatic carbocycles. The van der Waals surface area contributed by atoms with Crippen LogP contribution in [0.5, 0.6) is 0 Å². The fourth-order valence-corrected chi connectivity index (χ4v) is 1.79. The van der Waals surface area contributed by atoms with Crippen molar-refractivity contribution in [2.24, 2.45) is 0 Å². The predicted molar refractivity (Wildman–Crippen MR) is 64.4 cm³/mol. The molecular weight excluding hydrogens is 187 g/mol. The fourth-order valence-electron chi connectivity index (χ4n) is 1.79. The topological polar surface area (TPSA) is 0 Å². The summed E-state index contributed by atoms with van der Waals surface area (Å²) in [7, 11) is 0. The van der Waals surface area contributed by atoms with E-state index in [1.807, 2.05) is 13.0 Å². The molecule has 1 aromatic rings. The van der Waals surface area contributed by atoms with Gasteiger partial charge in [0, 0.05) is 0 Å². The van der Waals surface area contributed by atoms with Gasteiger partial charge in [-0.05, 0) is 48.1 Å². The predicted octanol–water partition coefficient (Wildman–Crippen LogP) is 4.76. The summed E-state index contributed by atoms with van der Waals surface area (Å²) in [6.07, 6.45) is 3.13. The van der Waals surface area contributed by atoms with Gasteiger partial charge in [0.25, 0.3) is 0 Å². The molecule has 82 valence electrons. The van der Waals surface area contributed by atoms with Crippen molar-refractivity contribution in [3.8, 4) is 0 Å². The minimum Gasteiger partial charge on any atom is -0.207 e. The summed E-state index contributed by atoms with van der Waals surface area (Å²) in [5.74, 6) is 0.277. The second-order valence-electron chi connectivity index (χ2n) is 4.18. The average molecular weight is 206 g/mol. The Labute approximate surface area is 91.8 Å². The molecule has 0 N–H and O–H groups in total. The van der Waals surface area contributed by atoms with E-state index in [1.54, 1.807) is 6.07 Å². The Morgan fingerprint density at radius 3 is 2.60 bits per heavy atom. The van der Waals surface area contributed by atoms with Gasteiger partial charge in [0.1, 0.15) is 5.82 Å². The third-order valence-corrected chi connectivity index (χ3v) is 2.57. The zero-order valence-electron chi connectivity index (χ0n) is 9.97. The first-order chi connectivity index (χ1) is 7.06. The fraction of sp³-hybridized carbons (Fsp3) is 0.429. The standard InChI is InChI=1S/C14H19F/c1-5-6-11(4)14-9-12(15)7-8-13(14)10(2)3/h6-10H,5H2,1-4H3/b11-6-. The van der Waals surface area contributed by atoms with E-state index in [0.29, 0.717) is 5.92 Å². The molecule has 0 spiro atoms. The van der Waals surface area contributed by atoms with E-state index in [0.717, 1.165) is 12.0 Å². The number of rotatable bonds is 3. The Morgan fingerprint density at radius 1 is 1.40 bits per heavy atom. The van der Waals surface area contributed by atoms with Crippen molar-refractivity contribution in [2.75, 3.05) is 0 Å². The van der Waals surface area contributed by atoms with Crippen molar-refractivity contribution >= 4 is 5.57 Å². The van der Waals surface area contributed by atoms with Gasteiger partial charge in [-0.15, -0.1) is 0 Å². The average Bonchev–Trinajstić information content (AvgIpc) is 2.17. The number of hydrogen-bond acceptors (Lipinski definition) is 0. The molecule has 0 heterocycles. The minimum absolute atomic E-state index is 0.154. The lowest BCUT2D eigenvalue weighted by Crippen LogP contribution is -1.95. The maximum atomic E-state index is 13.2. The van der Waals surface area contributed by atoms with Gasteiger partial charge in [0.05, 0.1) is 0 Å². The lowest BCUT2D eigenvalue weighted by atomic mass is 9.92. The smallest absolute Gasteiger partial charge is 0.123 e. The molecule has 0 saturated carbocycles. The summed E-state index contributed by atoms with van der Waals surface area (Å²) < 4.78 is 13.2. The van der Waals surface area contributed by atoms with E-state index in [2.05, 4.69) is 26.8 Å². The Kier molecular flexibility index (Phi) is 4.07. The third-order valence-electron chi connectivity index (χ3n) is 2.57. The number of hydrogen-bond donors (Lipinski definition) is 0. The van der Waals surface area contributed by atoms with E-state index < -0.39 is 0 Å².